The molecule has 3 aromatic rings. The van der Waals surface area contributed by atoms with E-state index in [0.717, 1.165) is 17.1 Å². The van der Waals surface area contributed by atoms with Crippen LogP contribution in [-0.2, 0) is 11.3 Å². The van der Waals surface area contributed by atoms with Gasteiger partial charge < -0.3 is 5.32 Å². The third-order valence-corrected chi connectivity index (χ3v) is 5.22. The first-order valence-electron chi connectivity index (χ1n) is 9.20. The fraction of sp³-hybridized carbons (Fsp3) is 0.227. The van der Waals surface area contributed by atoms with Crippen molar-refractivity contribution in [2.45, 2.75) is 31.5 Å². The smallest absolute Gasteiger partial charge is 0.234 e. The second-order valence-corrected chi connectivity index (χ2v) is 7.63. The quantitative estimate of drug-likeness (QED) is 0.434. The summed E-state index contributed by atoms with van der Waals surface area (Å²) in [6.45, 7) is 8.76. The maximum Gasteiger partial charge on any atom is 0.234 e. The molecule has 0 aliphatic rings. The van der Waals surface area contributed by atoms with E-state index >= 15 is 0 Å². The van der Waals surface area contributed by atoms with Crippen molar-refractivity contribution in [3.05, 3.63) is 72.8 Å². The highest BCUT2D eigenvalue weighted by Crippen LogP contribution is 2.26. The van der Waals surface area contributed by atoms with E-state index in [1.165, 1.54) is 17.3 Å². The molecule has 0 aliphatic heterocycles. The number of anilines is 1. The second-order valence-electron chi connectivity index (χ2n) is 6.69. The summed E-state index contributed by atoms with van der Waals surface area (Å²) in [6, 6.07) is 17.8. The zero-order valence-corrected chi connectivity index (χ0v) is 16.9. The lowest BCUT2D eigenvalue weighted by Gasteiger charge is -2.09. The molecule has 0 aliphatic carbocycles. The summed E-state index contributed by atoms with van der Waals surface area (Å²) < 4.78 is 1.98. The van der Waals surface area contributed by atoms with Crippen LogP contribution in [0.25, 0.3) is 11.4 Å². The maximum absolute atomic E-state index is 12.2. The Morgan fingerprint density at radius 1 is 1.14 bits per heavy atom. The predicted molar refractivity (Wildman–Crippen MR) is 116 cm³/mol. The van der Waals surface area contributed by atoms with E-state index in [1.807, 2.05) is 41.0 Å². The highest BCUT2D eigenvalue weighted by atomic mass is 32.2. The Morgan fingerprint density at radius 3 is 2.50 bits per heavy atom. The number of thioether (sulfide) groups is 1. The first-order valence-corrected chi connectivity index (χ1v) is 10.2. The Labute approximate surface area is 169 Å². The largest absolute Gasteiger partial charge is 0.325 e. The summed E-state index contributed by atoms with van der Waals surface area (Å²) in [5.41, 5.74) is 3.07. The van der Waals surface area contributed by atoms with E-state index in [0.29, 0.717) is 17.6 Å². The van der Waals surface area contributed by atoms with Crippen LogP contribution in [0.15, 0.2) is 72.4 Å². The molecule has 0 saturated carbocycles. The number of hydrogen-bond donors (Lipinski definition) is 1. The molecule has 0 saturated heterocycles. The van der Waals surface area contributed by atoms with Crippen molar-refractivity contribution in [1.82, 2.24) is 14.8 Å². The van der Waals surface area contributed by atoms with Gasteiger partial charge >= 0.3 is 0 Å². The third-order valence-electron chi connectivity index (χ3n) is 4.25. The van der Waals surface area contributed by atoms with Crippen molar-refractivity contribution in [3.8, 4) is 11.4 Å². The zero-order valence-electron chi connectivity index (χ0n) is 16.1. The van der Waals surface area contributed by atoms with Gasteiger partial charge in [0.15, 0.2) is 11.0 Å². The van der Waals surface area contributed by atoms with Gasteiger partial charge in [-0.05, 0) is 23.6 Å². The van der Waals surface area contributed by atoms with Gasteiger partial charge in [-0.15, -0.1) is 16.8 Å². The third kappa shape index (κ3) is 4.89. The highest BCUT2D eigenvalue weighted by Gasteiger charge is 2.15. The van der Waals surface area contributed by atoms with Gasteiger partial charge in [-0.1, -0.05) is 74.1 Å². The predicted octanol–water partition coefficient (Wildman–Crippen LogP) is 4.99. The first-order chi connectivity index (χ1) is 13.6. The molecule has 144 valence electrons. The molecular weight excluding hydrogens is 368 g/mol. The topological polar surface area (TPSA) is 59.8 Å². The van der Waals surface area contributed by atoms with Crippen LogP contribution in [0.5, 0.6) is 0 Å². The first kappa shape index (κ1) is 19.9. The molecule has 1 amide bonds. The highest BCUT2D eigenvalue weighted by molar-refractivity contribution is 7.99. The lowest BCUT2D eigenvalue weighted by molar-refractivity contribution is -0.113. The summed E-state index contributed by atoms with van der Waals surface area (Å²) in [5.74, 6) is 1.44. The Bertz CT molecular complexity index is 933. The minimum atomic E-state index is -0.0767. The molecule has 6 heteroatoms. The fourth-order valence-electron chi connectivity index (χ4n) is 2.77. The average Bonchev–Trinajstić information content (AvgIpc) is 3.10. The van der Waals surface area contributed by atoms with E-state index in [9.17, 15) is 4.79 Å². The molecule has 2 aromatic carbocycles. The molecule has 5 nitrogen and oxygen atoms in total. The number of para-hydroxylation sites is 1. The number of benzene rings is 2. The van der Waals surface area contributed by atoms with Crippen molar-refractivity contribution < 1.29 is 4.79 Å². The van der Waals surface area contributed by atoms with Gasteiger partial charge in [-0.25, -0.2) is 0 Å². The lowest BCUT2D eigenvalue weighted by atomic mass is 10.0. The van der Waals surface area contributed by atoms with Gasteiger partial charge in [0.05, 0.1) is 5.75 Å². The van der Waals surface area contributed by atoms with Crippen LogP contribution < -0.4 is 5.32 Å². The van der Waals surface area contributed by atoms with Gasteiger partial charge in [0.25, 0.3) is 0 Å². The number of carbonyl (C=O) groups excluding carboxylic acids is 1. The van der Waals surface area contributed by atoms with Crippen LogP contribution in [0, 0.1) is 0 Å². The monoisotopic (exact) mass is 392 g/mol. The lowest BCUT2D eigenvalue weighted by Crippen LogP contribution is -2.14. The average molecular weight is 393 g/mol. The van der Waals surface area contributed by atoms with Gasteiger partial charge in [-0.3, -0.25) is 9.36 Å². The molecule has 0 atom stereocenters. The summed E-state index contributed by atoms with van der Waals surface area (Å²) >= 11 is 1.37. The van der Waals surface area contributed by atoms with Gasteiger partial charge in [-0.2, -0.15) is 0 Å². The molecule has 0 unspecified atom stereocenters. The Hall–Kier alpha value is -2.86. The molecule has 1 aromatic heterocycles. The van der Waals surface area contributed by atoms with E-state index in [-0.39, 0.29) is 11.7 Å². The van der Waals surface area contributed by atoms with Gasteiger partial charge in [0, 0.05) is 17.8 Å². The van der Waals surface area contributed by atoms with Crippen molar-refractivity contribution in [3.63, 3.8) is 0 Å². The summed E-state index contributed by atoms with van der Waals surface area (Å²) in [4.78, 5) is 12.2. The molecule has 0 bridgehead atoms. The number of carbonyl (C=O) groups is 1. The van der Waals surface area contributed by atoms with Crippen molar-refractivity contribution in [2.24, 2.45) is 0 Å². The minimum absolute atomic E-state index is 0.0767. The Morgan fingerprint density at radius 2 is 1.86 bits per heavy atom. The summed E-state index contributed by atoms with van der Waals surface area (Å²) in [7, 11) is 0. The van der Waals surface area contributed by atoms with Crippen molar-refractivity contribution >= 4 is 23.4 Å². The molecule has 0 spiro atoms. The summed E-state index contributed by atoms with van der Waals surface area (Å²) in [5, 5.41) is 12.2. The van der Waals surface area contributed by atoms with Crippen LogP contribution in [-0.4, -0.2) is 26.4 Å². The number of allylic oxidation sites excluding steroid dienone is 1. The minimum Gasteiger partial charge on any atom is -0.325 e. The molecular formula is C22H24N4OS. The van der Waals surface area contributed by atoms with Crippen LogP contribution in [0.1, 0.15) is 25.3 Å². The number of nitrogens with zero attached hydrogens (tertiary/aromatic N) is 3. The zero-order chi connectivity index (χ0) is 19.9. The number of amides is 1. The van der Waals surface area contributed by atoms with Crippen LogP contribution in [0.4, 0.5) is 5.69 Å². The van der Waals surface area contributed by atoms with E-state index in [1.54, 1.807) is 0 Å². The molecule has 0 radical (unpaired) electrons. The van der Waals surface area contributed by atoms with Crippen molar-refractivity contribution in [1.29, 1.82) is 0 Å². The number of rotatable bonds is 8. The summed E-state index contributed by atoms with van der Waals surface area (Å²) in [6.07, 6.45) is 1.81. The van der Waals surface area contributed by atoms with E-state index in [2.05, 4.69) is 60.2 Å². The van der Waals surface area contributed by atoms with Crippen LogP contribution in [0.3, 0.4) is 0 Å². The van der Waals surface area contributed by atoms with Gasteiger partial charge in [0.2, 0.25) is 5.91 Å². The van der Waals surface area contributed by atoms with Crippen molar-refractivity contribution in [2.75, 3.05) is 11.1 Å². The fourth-order valence-corrected chi connectivity index (χ4v) is 3.52. The molecule has 3 rings (SSSR count). The SMILES string of the molecule is C=CCn1c(SCC(=O)Nc2ccccc2)nnc1-c1ccc(C(C)C)cc1. The maximum atomic E-state index is 12.2. The number of nitrogens with one attached hydrogen (secondary N) is 1. The molecule has 1 heterocycles. The number of aromatic nitrogens is 3. The Balaban J connectivity index is 1.73. The van der Waals surface area contributed by atoms with E-state index < -0.39 is 0 Å². The van der Waals surface area contributed by atoms with E-state index in [4.69, 9.17) is 0 Å². The normalized spacial score (nSPS) is 10.8. The van der Waals surface area contributed by atoms with Crippen LogP contribution >= 0.6 is 11.8 Å². The van der Waals surface area contributed by atoms with Gasteiger partial charge in [0.1, 0.15) is 0 Å². The number of hydrogen-bond acceptors (Lipinski definition) is 4. The second kappa shape index (κ2) is 9.37. The molecule has 28 heavy (non-hydrogen) atoms. The molecule has 1 N–H and O–H groups in total. The standard InChI is InChI=1S/C22H24N4OS/c1-4-14-26-21(18-12-10-17(11-13-18)16(2)3)24-25-22(26)28-15-20(27)23-19-8-6-5-7-9-19/h4-13,16H,1,14-15H2,2-3H3,(H,23,27). The molecule has 0 fully saturated rings. The Kier molecular flexibility index (Phi) is 6.66. The van der Waals surface area contributed by atoms with Crippen LogP contribution in [0.2, 0.25) is 0 Å².